The topological polar surface area (TPSA) is 87.5 Å². The van der Waals surface area contributed by atoms with Crippen LogP contribution in [-0.4, -0.2) is 63.5 Å². The van der Waals surface area contributed by atoms with Crippen LogP contribution in [0.5, 0.6) is 0 Å². The van der Waals surface area contributed by atoms with E-state index in [0.717, 1.165) is 28.7 Å². The molecule has 46 heavy (non-hydrogen) atoms. The number of urea groups is 1. The molecule has 0 saturated heterocycles. The summed E-state index contributed by atoms with van der Waals surface area (Å²) in [5.41, 5.74) is 0.806. The lowest BCUT2D eigenvalue weighted by molar-refractivity contribution is 0.0519. The molecule has 0 bridgehead atoms. The van der Waals surface area contributed by atoms with E-state index < -0.39 is 53.7 Å². The Kier molecular flexibility index (Phi) is 9.32. The van der Waals surface area contributed by atoms with Crippen molar-refractivity contribution in [2.24, 2.45) is 5.41 Å². The number of nitrogens with zero attached hydrogens (tertiary/aromatic N) is 4. The quantitative estimate of drug-likeness (QED) is 0.199. The number of hydrogen-bond acceptors (Lipinski definition) is 4. The van der Waals surface area contributed by atoms with Gasteiger partial charge in [0, 0.05) is 31.9 Å². The van der Waals surface area contributed by atoms with Gasteiger partial charge in [-0.15, -0.1) is 0 Å². The van der Waals surface area contributed by atoms with Crippen LogP contribution in [0.2, 0.25) is 0 Å². The number of carbonyl (C=O) groups excluding carboxylic acids is 3. The van der Waals surface area contributed by atoms with E-state index in [0.29, 0.717) is 12.4 Å². The smallest absolute Gasteiger partial charge is 0.317 e. The van der Waals surface area contributed by atoms with Gasteiger partial charge in [0.25, 0.3) is 11.8 Å². The van der Waals surface area contributed by atoms with Crippen molar-refractivity contribution in [1.82, 2.24) is 24.7 Å². The number of amides is 4. The number of benzene rings is 3. The van der Waals surface area contributed by atoms with E-state index in [9.17, 15) is 27.6 Å². The van der Waals surface area contributed by atoms with Crippen LogP contribution in [-0.2, 0) is 6.54 Å². The first-order valence-electron chi connectivity index (χ1n) is 15.0. The number of halogens is 3. The summed E-state index contributed by atoms with van der Waals surface area (Å²) in [5.74, 6) is -2.04. The predicted octanol–water partition coefficient (Wildman–Crippen LogP) is 6.63. The van der Waals surface area contributed by atoms with Gasteiger partial charge in [-0.25, -0.2) is 22.9 Å². The average Bonchev–Trinajstić information content (AvgIpc) is 3.55. The number of imide groups is 1. The molecule has 8 nitrogen and oxygen atoms in total. The fourth-order valence-electron chi connectivity index (χ4n) is 5.97. The Morgan fingerprint density at radius 3 is 2.15 bits per heavy atom. The zero-order valence-electron chi connectivity index (χ0n) is 26.1. The van der Waals surface area contributed by atoms with Crippen LogP contribution in [0.3, 0.4) is 0 Å². The fourth-order valence-corrected chi connectivity index (χ4v) is 5.97. The lowest BCUT2D eigenvalue weighted by Gasteiger charge is -2.40. The summed E-state index contributed by atoms with van der Waals surface area (Å²) in [4.78, 5) is 47.1. The summed E-state index contributed by atoms with van der Waals surface area (Å²) >= 11 is 0. The van der Waals surface area contributed by atoms with E-state index in [2.05, 4.69) is 5.32 Å². The van der Waals surface area contributed by atoms with Crippen molar-refractivity contribution in [2.45, 2.75) is 45.8 Å². The SMILES string of the molecule is CNC(=O)N(CCC(CF)N1C(=O)c2ccccc2C1=O)C(c1nc(-c2cc(F)ccc2F)cn1Cc1ccccc1)C(C)(C)C. The molecule has 1 aliphatic heterocycles. The molecule has 2 unspecified atom stereocenters. The average molecular weight is 632 g/mol. The number of imidazole rings is 1. The minimum absolute atomic E-state index is 0.0321. The van der Waals surface area contributed by atoms with Gasteiger partial charge in [-0.1, -0.05) is 63.2 Å². The number of aromatic nitrogens is 2. The molecule has 1 aliphatic rings. The van der Waals surface area contributed by atoms with Crippen molar-refractivity contribution < 1.29 is 27.6 Å². The highest BCUT2D eigenvalue weighted by atomic mass is 19.1. The molecule has 1 N–H and O–H groups in total. The number of carbonyl (C=O) groups is 3. The Morgan fingerprint density at radius 1 is 0.935 bits per heavy atom. The van der Waals surface area contributed by atoms with Gasteiger partial charge in [0.1, 0.15) is 24.1 Å². The molecule has 0 spiro atoms. The summed E-state index contributed by atoms with van der Waals surface area (Å²) in [6.45, 7) is 5.00. The van der Waals surface area contributed by atoms with E-state index in [1.807, 2.05) is 51.1 Å². The molecular formula is C35H36F3N5O3. The molecule has 1 aromatic heterocycles. The molecule has 0 aliphatic carbocycles. The van der Waals surface area contributed by atoms with Crippen molar-refractivity contribution in [1.29, 1.82) is 0 Å². The summed E-state index contributed by atoms with van der Waals surface area (Å²) in [6, 6.07) is 16.6. The van der Waals surface area contributed by atoms with Crippen LogP contribution in [0.4, 0.5) is 18.0 Å². The maximum Gasteiger partial charge on any atom is 0.317 e. The summed E-state index contributed by atoms with van der Waals surface area (Å²) in [6.07, 6.45) is 1.58. The normalized spacial score (nSPS) is 14.3. The van der Waals surface area contributed by atoms with Gasteiger partial charge < -0.3 is 14.8 Å². The maximum absolute atomic E-state index is 15.0. The molecule has 5 rings (SSSR count). The highest BCUT2D eigenvalue weighted by Crippen LogP contribution is 2.40. The van der Waals surface area contributed by atoms with Gasteiger partial charge in [0.2, 0.25) is 0 Å². The molecule has 3 aromatic carbocycles. The zero-order chi connectivity index (χ0) is 33.2. The highest BCUT2D eigenvalue weighted by Gasteiger charge is 2.42. The van der Waals surface area contributed by atoms with Crippen molar-refractivity contribution in [2.75, 3.05) is 20.3 Å². The molecule has 11 heteroatoms. The van der Waals surface area contributed by atoms with Gasteiger partial charge in [0.05, 0.1) is 28.9 Å². The largest absolute Gasteiger partial charge is 0.341 e. The van der Waals surface area contributed by atoms with Gasteiger partial charge in [-0.2, -0.15) is 0 Å². The Hall–Kier alpha value is -4.93. The molecule has 2 atom stereocenters. The number of rotatable bonds is 10. The Bertz CT molecular complexity index is 1720. The predicted molar refractivity (Wildman–Crippen MR) is 168 cm³/mol. The van der Waals surface area contributed by atoms with Crippen LogP contribution in [0.25, 0.3) is 11.3 Å². The number of alkyl halides is 1. The first kappa shape index (κ1) is 32.5. The van der Waals surface area contributed by atoms with Crippen LogP contribution in [0.15, 0.2) is 79.0 Å². The lowest BCUT2D eigenvalue weighted by atomic mass is 9.84. The molecule has 240 valence electrons. The van der Waals surface area contributed by atoms with Crippen molar-refractivity contribution in [3.05, 3.63) is 113 Å². The molecule has 0 fully saturated rings. The molecule has 4 aromatic rings. The first-order chi connectivity index (χ1) is 21.9. The van der Waals surface area contributed by atoms with Crippen LogP contribution < -0.4 is 5.32 Å². The Morgan fingerprint density at radius 2 is 1.57 bits per heavy atom. The maximum atomic E-state index is 15.0. The molecule has 0 radical (unpaired) electrons. The van der Waals surface area contributed by atoms with Gasteiger partial charge >= 0.3 is 6.03 Å². The first-order valence-corrected chi connectivity index (χ1v) is 15.0. The van der Waals surface area contributed by atoms with E-state index in [4.69, 9.17) is 4.98 Å². The second-order valence-corrected chi connectivity index (χ2v) is 12.4. The van der Waals surface area contributed by atoms with E-state index in [1.54, 1.807) is 22.9 Å². The second kappa shape index (κ2) is 13.2. The number of hydrogen-bond donors (Lipinski definition) is 1. The highest BCUT2D eigenvalue weighted by molar-refractivity contribution is 6.21. The molecular weight excluding hydrogens is 595 g/mol. The minimum atomic E-state index is -1.12. The Balaban J connectivity index is 1.55. The van der Waals surface area contributed by atoms with Gasteiger partial charge in [0.15, 0.2) is 0 Å². The monoisotopic (exact) mass is 631 g/mol. The molecule has 0 saturated carbocycles. The summed E-state index contributed by atoms with van der Waals surface area (Å²) in [7, 11) is 1.47. The van der Waals surface area contributed by atoms with E-state index in [-0.39, 0.29) is 35.3 Å². The number of nitrogens with one attached hydrogen (secondary N) is 1. The van der Waals surface area contributed by atoms with Crippen LogP contribution >= 0.6 is 0 Å². The fraction of sp³-hybridized carbons (Fsp3) is 0.314. The van der Waals surface area contributed by atoms with E-state index in [1.165, 1.54) is 24.1 Å². The molecule has 4 amide bonds. The Labute approximate surface area is 265 Å². The molecule has 2 heterocycles. The van der Waals surface area contributed by atoms with Gasteiger partial charge in [-0.3, -0.25) is 14.5 Å². The lowest BCUT2D eigenvalue weighted by Crippen LogP contribution is -2.49. The number of fused-ring (bicyclic) bond motifs is 1. The second-order valence-electron chi connectivity index (χ2n) is 12.4. The van der Waals surface area contributed by atoms with Crippen molar-refractivity contribution in [3.8, 4) is 11.3 Å². The van der Waals surface area contributed by atoms with Crippen LogP contribution in [0, 0.1) is 17.0 Å². The van der Waals surface area contributed by atoms with Crippen molar-refractivity contribution >= 4 is 17.8 Å². The van der Waals surface area contributed by atoms with Crippen molar-refractivity contribution in [3.63, 3.8) is 0 Å². The third-order valence-corrected chi connectivity index (χ3v) is 8.13. The van der Waals surface area contributed by atoms with Gasteiger partial charge in [-0.05, 0) is 47.7 Å². The third-order valence-electron chi connectivity index (χ3n) is 8.13. The minimum Gasteiger partial charge on any atom is -0.341 e. The third kappa shape index (κ3) is 6.40. The summed E-state index contributed by atoms with van der Waals surface area (Å²) < 4.78 is 45.6. The zero-order valence-corrected chi connectivity index (χ0v) is 26.1. The standard InChI is InChI=1S/C35H36F3N5O3/c1-35(2,3)30(31-40-29(27-18-23(37)14-15-28(27)38)21-41(31)20-22-10-6-5-7-11-22)42(34(46)39-4)17-16-24(19-36)43-32(44)25-12-8-9-13-26(25)33(43)45/h5-15,18,21,24,30H,16-17,19-20H2,1-4H3,(H,39,46). The summed E-state index contributed by atoms with van der Waals surface area (Å²) in [5, 5.41) is 2.65. The van der Waals surface area contributed by atoms with E-state index >= 15 is 0 Å². The van der Waals surface area contributed by atoms with Crippen LogP contribution in [0.1, 0.15) is 65.3 Å².